The Hall–Kier alpha value is -1.76. The van der Waals surface area contributed by atoms with Gasteiger partial charge in [-0.1, -0.05) is 15.9 Å². The Morgan fingerprint density at radius 2 is 1.88 bits per heavy atom. The monoisotopic (exact) mass is 285 g/mol. The molecule has 0 amide bonds. The summed E-state index contributed by atoms with van der Waals surface area (Å²) in [5, 5.41) is 4.41. The first-order valence-electron chi connectivity index (χ1n) is 4.37. The van der Waals surface area contributed by atoms with Crippen LogP contribution in [0.5, 0.6) is 5.75 Å². The summed E-state index contributed by atoms with van der Waals surface area (Å²) in [6.45, 7) is 0. The summed E-state index contributed by atoms with van der Waals surface area (Å²) in [7, 11) is 1.47. The highest BCUT2D eigenvalue weighted by atomic mass is 79.9. The summed E-state index contributed by atoms with van der Waals surface area (Å²) in [5.41, 5.74) is -0.702. The molecule has 0 radical (unpaired) electrons. The second kappa shape index (κ2) is 4.01. The summed E-state index contributed by atoms with van der Waals surface area (Å²) in [6, 6.07) is 5.05. The minimum atomic E-state index is -0.540. The largest absolute Gasteiger partial charge is 0.495 e. The van der Waals surface area contributed by atoms with Crippen LogP contribution in [0.4, 0.5) is 0 Å². The Kier molecular flexibility index (Phi) is 2.69. The van der Waals surface area contributed by atoms with E-state index in [9.17, 15) is 9.59 Å². The number of hydrogen-bond acceptors (Lipinski definition) is 3. The molecular formula is C9H8BrN3O3. The van der Waals surface area contributed by atoms with Gasteiger partial charge in [-0.2, -0.15) is 0 Å². The van der Waals surface area contributed by atoms with Crippen molar-refractivity contribution in [2.45, 2.75) is 0 Å². The number of H-pyrrole nitrogens is 2. The van der Waals surface area contributed by atoms with Gasteiger partial charge in [0.15, 0.2) is 0 Å². The molecule has 84 valence electrons. The van der Waals surface area contributed by atoms with Gasteiger partial charge in [-0.15, -0.1) is 0 Å². The van der Waals surface area contributed by atoms with Gasteiger partial charge in [0.25, 0.3) is 0 Å². The van der Waals surface area contributed by atoms with Gasteiger partial charge in [0.1, 0.15) is 5.75 Å². The molecule has 0 fully saturated rings. The third-order valence-corrected chi connectivity index (χ3v) is 2.56. The Labute approximate surface area is 98.0 Å². The Balaban J connectivity index is 2.77. The topological polar surface area (TPSA) is 79.9 Å². The molecule has 6 nitrogen and oxygen atoms in total. The second-order valence-electron chi connectivity index (χ2n) is 3.01. The van der Waals surface area contributed by atoms with Crippen LogP contribution in [0.1, 0.15) is 0 Å². The quantitative estimate of drug-likeness (QED) is 0.849. The molecule has 0 aliphatic carbocycles. The zero-order chi connectivity index (χ0) is 11.7. The molecule has 16 heavy (non-hydrogen) atoms. The lowest BCUT2D eigenvalue weighted by Gasteiger charge is -2.07. The van der Waals surface area contributed by atoms with Crippen molar-refractivity contribution in [2.75, 3.05) is 7.11 Å². The molecule has 0 bridgehead atoms. The molecule has 0 saturated carbocycles. The summed E-state index contributed by atoms with van der Waals surface area (Å²) in [4.78, 5) is 22.9. The average molecular weight is 286 g/mol. The van der Waals surface area contributed by atoms with Crippen molar-refractivity contribution < 1.29 is 4.74 Å². The van der Waals surface area contributed by atoms with Gasteiger partial charge < -0.3 is 4.74 Å². The standard InChI is InChI=1S/C9H8BrN3O3/c1-16-7-3-2-5(10)4-6(7)13-8(14)11-12-9(13)15/h2-4H,1H3,(H,11,14)(H,12,15). The fourth-order valence-electron chi connectivity index (χ4n) is 1.37. The third kappa shape index (κ3) is 1.69. The minimum Gasteiger partial charge on any atom is -0.495 e. The van der Waals surface area contributed by atoms with Gasteiger partial charge in [0.05, 0.1) is 12.8 Å². The first kappa shape index (κ1) is 10.7. The summed E-state index contributed by atoms with van der Waals surface area (Å²) >= 11 is 3.27. The number of nitrogens with one attached hydrogen (secondary N) is 2. The van der Waals surface area contributed by atoms with Crippen LogP contribution in [0.3, 0.4) is 0 Å². The van der Waals surface area contributed by atoms with E-state index in [-0.39, 0.29) is 0 Å². The summed E-state index contributed by atoms with van der Waals surface area (Å²) < 4.78 is 6.79. The number of hydrogen-bond donors (Lipinski definition) is 2. The van der Waals surface area contributed by atoms with E-state index in [0.717, 1.165) is 9.04 Å². The van der Waals surface area contributed by atoms with Gasteiger partial charge >= 0.3 is 11.4 Å². The lowest BCUT2D eigenvalue weighted by atomic mass is 10.3. The molecule has 0 aliphatic rings. The highest BCUT2D eigenvalue weighted by Crippen LogP contribution is 2.24. The summed E-state index contributed by atoms with van der Waals surface area (Å²) in [5.74, 6) is 0.440. The number of benzene rings is 1. The van der Waals surface area contributed by atoms with Crippen molar-refractivity contribution in [3.63, 3.8) is 0 Å². The van der Waals surface area contributed by atoms with Crippen LogP contribution >= 0.6 is 15.9 Å². The molecule has 0 unspecified atom stereocenters. The van der Waals surface area contributed by atoms with E-state index in [1.165, 1.54) is 7.11 Å². The number of methoxy groups -OCH3 is 1. The van der Waals surface area contributed by atoms with Gasteiger partial charge in [-0.3, -0.25) is 0 Å². The zero-order valence-electron chi connectivity index (χ0n) is 8.28. The molecule has 1 aromatic carbocycles. The smallest absolute Gasteiger partial charge is 0.349 e. The molecule has 1 aromatic heterocycles. The normalized spacial score (nSPS) is 10.4. The fourth-order valence-corrected chi connectivity index (χ4v) is 1.72. The number of aromatic amines is 2. The average Bonchev–Trinajstić information content (AvgIpc) is 2.58. The molecule has 7 heteroatoms. The molecule has 2 rings (SSSR count). The number of aromatic nitrogens is 3. The van der Waals surface area contributed by atoms with Crippen LogP contribution in [0.2, 0.25) is 0 Å². The van der Waals surface area contributed by atoms with E-state index in [0.29, 0.717) is 11.4 Å². The molecule has 0 atom stereocenters. The lowest BCUT2D eigenvalue weighted by Crippen LogP contribution is -2.25. The van der Waals surface area contributed by atoms with Crippen LogP contribution in [-0.4, -0.2) is 21.9 Å². The van der Waals surface area contributed by atoms with E-state index in [1.54, 1.807) is 18.2 Å². The SMILES string of the molecule is COc1ccc(Br)cc1-n1c(=O)[nH][nH]c1=O. The van der Waals surface area contributed by atoms with Crippen LogP contribution in [-0.2, 0) is 0 Å². The highest BCUT2D eigenvalue weighted by molar-refractivity contribution is 9.10. The van der Waals surface area contributed by atoms with Crippen molar-refractivity contribution >= 4 is 15.9 Å². The Bertz CT molecular complexity index is 598. The van der Waals surface area contributed by atoms with Crippen LogP contribution in [0.25, 0.3) is 5.69 Å². The molecule has 2 aromatic rings. The van der Waals surface area contributed by atoms with Gasteiger partial charge in [0, 0.05) is 4.47 Å². The Morgan fingerprint density at radius 1 is 1.25 bits per heavy atom. The van der Waals surface area contributed by atoms with Crippen LogP contribution in [0, 0.1) is 0 Å². The predicted octanol–water partition coefficient (Wildman–Crippen LogP) is 0.625. The van der Waals surface area contributed by atoms with Crippen molar-refractivity contribution in [3.05, 3.63) is 43.6 Å². The van der Waals surface area contributed by atoms with E-state index in [2.05, 4.69) is 26.1 Å². The second-order valence-corrected chi connectivity index (χ2v) is 3.93. The molecule has 0 spiro atoms. The van der Waals surface area contributed by atoms with Gasteiger partial charge in [-0.25, -0.2) is 24.4 Å². The maximum atomic E-state index is 11.4. The number of nitrogens with zero attached hydrogens (tertiary/aromatic N) is 1. The molecule has 2 N–H and O–H groups in total. The third-order valence-electron chi connectivity index (χ3n) is 2.06. The van der Waals surface area contributed by atoms with Crippen molar-refractivity contribution in [1.82, 2.24) is 14.8 Å². The van der Waals surface area contributed by atoms with Crippen LogP contribution < -0.4 is 16.1 Å². The number of ether oxygens (including phenoxy) is 1. The fraction of sp³-hybridized carbons (Fsp3) is 0.111. The first-order chi connectivity index (χ1) is 7.63. The molecular weight excluding hydrogens is 278 g/mol. The maximum Gasteiger partial charge on any atom is 0.349 e. The lowest BCUT2D eigenvalue weighted by molar-refractivity contribution is 0.412. The molecule has 1 heterocycles. The maximum absolute atomic E-state index is 11.4. The van der Waals surface area contributed by atoms with Gasteiger partial charge in [-0.05, 0) is 18.2 Å². The van der Waals surface area contributed by atoms with Crippen molar-refractivity contribution in [1.29, 1.82) is 0 Å². The first-order valence-corrected chi connectivity index (χ1v) is 5.16. The zero-order valence-corrected chi connectivity index (χ0v) is 9.87. The van der Waals surface area contributed by atoms with E-state index in [4.69, 9.17) is 4.74 Å². The van der Waals surface area contributed by atoms with E-state index < -0.39 is 11.4 Å². The number of rotatable bonds is 2. The van der Waals surface area contributed by atoms with Crippen LogP contribution in [0.15, 0.2) is 32.3 Å². The molecule has 0 saturated heterocycles. The van der Waals surface area contributed by atoms with E-state index >= 15 is 0 Å². The number of halogens is 1. The highest BCUT2D eigenvalue weighted by Gasteiger charge is 2.11. The molecule has 0 aliphatic heterocycles. The predicted molar refractivity (Wildman–Crippen MR) is 61.3 cm³/mol. The minimum absolute atomic E-state index is 0.379. The van der Waals surface area contributed by atoms with Gasteiger partial charge in [0.2, 0.25) is 0 Å². The van der Waals surface area contributed by atoms with Crippen molar-refractivity contribution in [2.24, 2.45) is 0 Å². The van der Waals surface area contributed by atoms with E-state index in [1.807, 2.05) is 0 Å². The summed E-state index contributed by atoms with van der Waals surface area (Å²) in [6.07, 6.45) is 0. The van der Waals surface area contributed by atoms with Crippen molar-refractivity contribution in [3.8, 4) is 11.4 Å². The Morgan fingerprint density at radius 3 is 2.44 bits per heavy atom.